The predicted molar refractivity (Wildman–Crippen MR) is 73.0 cm³/mol. The molecular formula is C14H21N3O. The van der Waals surface area contributed by atoms with Crippen LogP contribution in [0.25, 0.3) is 0 Å². The lowest BCUT2D eigenvalue weighted by Gasteiger charge is -2.32. The van der Waals surface area contributed by atoms with Gasteiger partial charge in [0.25, 0.3) is 0 Å². The molecule has 1 fully saturated rings. The molecule has 4 heteroatoms. The molecule has 4 nitrogen and oxygen atoms in total. The van der Waals surface area contributed by atoms with E-state index in [1.165, 1.54) is 5.56 Å². The second-order valence-electron chi connectivity index (χ2n) is 5.06. The van der Waals surface area contributed by atoms with E-state index in [-0.39, 0.29) is 6.17 Å². The number of amides is 1. The van der Waals surface area contributed by atoms with Gasteiger partial charge in [-0.05, 0) is 32.9 Å². The summed E-state index contributed by atoms with van der Waals surface area (Å²) in [4.78, 5) is 11.2. The van der Waals surface area contributed by atoms with Crippen LogP contribution in [0.5, 0.6) is 0 Å². The number of benzene rings is 1. The Morgan fingerprint density at radius 1 is 1.33 bits per heavy atom. The SMILES string of the molecule is Cc1ccc(NC2CCN(C(C)C)N2C=O)cc1. The Kier molecular flexibility index (Phi) is 3.87. The summed E-state index contributed by atoms with van der Waals surface area (Å²) in [6.07, 6.45) is 1.93. The topological polar surface area (TPSA) is 35.6 Å². The van der Waals surface area contributed by atoms with Crippen LogP contribution in [0.4, 0.5) is 5.69 Å². The largest absolute Gasteiger partial charge is 0.364 e. The molecule has 98 valence electrons. The van der Waals surface area contributed by atoms with Gasteiger partial charge in [0, 0.05) is 24.7 Å². The summed E-state index contributed by atoms with van der Waals surface area (Å²) < 4.78 is 0. The van der Waals surface area contributed by atoms with Gasteiger partial charge in [-0.2, -0.15) is 0 Å². The van der Waals surface area contributed by atoms with Gasteiger partial charge < -0.3 is 5.32 Å². The first-order valence-corrected chi connectivity index (χ1v) is 6.45. The van der Waals surface area contributed by atoms with Gasteiger partial charge in [0.1, 0.15) is 6.17 Å². The highest BCUT2D eigenvalue weighted by molar-refractivity contribution is 5.51. The second kappa shape index (κ2) is 5.40. The van der Waals surface area contributed by atoms with Crippen molar-refractivity contribution in [1.82, 2.24) is 10.0 Å². The van der Waals surface area contributed by atoms with E-state index >= 15 is 0 Å². The highest BCUT2D eigenvalue weighted by Gasteiger charge is 2.31. The Morgan fingerprint density at radius 3 is 2.56 bits per heavy atom. The van der Waals surface area contributed by atoms with Crippen LogP contribution < -0.4 is 5.32 Å². The van der Waals surface area contributed by atoms with Crippen molar-refractivity contribution < 1.29 is 4.79 Å². The number of aryl methyl sites for hydroxylation is 1. The molecule has 1 amide bonds. The predicted octanol–water partition coefficient (Wildman–Crippen LogP) is 2.22. The van der Waals surface area contributed by atoms with Crippen molar-refractivity contribution in [1.29, 1.82) is 0 Å². The van der Waals surface area contributed by atoms with E-state index in [0.29, 0.717) is 6.04 Å². The molecule has 1 aliphatic heterocycles. The molecule has 1 aromatic rings. The number of nitrogens with zero attached hydrogens (tertiary/aromatic N) is 2. The standard InChI is InChI=1S/C14H21N3O/c1-11(2)16-9-8-14(17(16)10-18)15-13-6-4-12(3)5-7-13/h4-7,10-11,14-15H,8-9H2,1-3H3. The van der Waals surface area contributed by atoms with Crippen LogP contribution in [0.15, 0.2) is 24.3 Å². The number of anilines is 1. The van der Waals surface area contributed by atoms with Crippen molar-refractivity contribution in [2.24, 2.45) is 0 Å². The van der Waals surface area contributed by atoms with E-state index in [4.69, 9.17) is 0 Å². The Hall–Kier alpha value is -1.55. The molecule has 1 aromatic carbocycles. The van der Waals surface area contributed by atoms with Crippen LogP contribution in [-0.2, 0) is 4.79 Å². The molecule has 0 radical (unpaired) electrons. The zero-order chi connectivity index (χ0) is 13.1. The third-order valence-electron chi connectivity index (χ3n) is 3.34. The Labute approximate surface area is 109 Å². The first-order chi connectivity index (χ1) is 8.61. The summed E-state index contributed by atoms with van der Waals surface area (Å²) in [6, 6.07) is 8.60. The summed E-state index contributed by atoms with van der Waals surface area (Å²) >= 11 is 0. The first-order valence-electron chi connectivity index (χ1n) is 6.45. The monoisotopic (exact) mass is 247 g/mol. The maximum atomic E-state index is 11.2. The zero-order valence-electron chi connectivity index (χ0n) is 11.3. The minimum Gasteiger partial charge on any atom is -0.364 e. The normalized spacial score (nSPS) is 20.4. The lowest BCUT2D eigenvalue weighted by molar-refractivity contribution is -0.134. The number of carbonyl (C=O) groups is 1. The zero-order valence-corrected chi connectivity index (χ0v) is 11.3. The molecule has 0 aliphatic carbocycles. The fourth-order valence-corrected chi connectivity index (χ4v) is 2.32. The molecule has 18 heavy (non-hydrogen) atoms. The number of hydrazine groups is 1. The third-order valence-corrected chi connectivity index (χ3v) is 3.34. The van der Waals surface area contributed by atoms with Crippen LogP contribution in [0.2, 0.25) is 0 Å². The molecule has 0 bridgehead atoms. The Morgan fingerprint density at radius 2 is 2.00 bits per heavy atom. The van der Waals surface area contributed by atoms with E-state index in [1.807, 2.05) is 0 Å². The van der Waals surface area contributed by atoms with Crippen LogP contribution in [-0.4, -0.2) is 35.2 Å². The van der Waals surface area contributed by atoms with Crippen molar-refractivity contribution in [2.45, 2.75) is 39.4 Å². The average molecular weight is 247 g/mol. The maximum absolute atomic E-state index is 11.2. The molecule has 1 heterocycles. The van der Waals surface area contributed by atoms with E-state index in [1.54, 1.807) is 5.01 Å². The van der Waals surface area contributed by atoms with Crippen molar-refractivity contribution >= 4 is 12.1 Å². The number of carbonyl (C=O) groups excluding carboxylic acids is 1. The quantitative estimate of drug-likeness (QED) is 0.829. The van der Waals surface area contributed by atoms with E-state index in [9.17, 15) is 4.79 Å². The van der Waals surface area contributed by atoms with Gasteiger partial charge in [0.05, 0.1) is 0 Å². The minimum absolute atomic E-state index is 0.0626. The summed E-state index contributed by atoms with van der Waals surface area (Å²) in [5, 5.41) is 7.27. The lowest BCUT2D eigenvalue weighted by Crippen LogP contribution is -2.46. The minimum atomic E-state index is 0.0626. The summed E-state index contributed by atoms with van der Waals surface area (Å²) in [6.45, 7) is 7.19. The summed E-state index contributed by atoms with van der Waals surface area (Å²) in [7, 11) is 0. The summed E-state index contributed by atoms with van der Waals surface area (Å²) in [5.74, 6) is 0. The molecule has 1 atom stereocenters. The van der Waals surface area contributed by atoms with Crippen LogP contribution in [0.3, 0.4) is 0 Å². The van der Waals surface area contributed by atoms with Gasteiger partial charge in [0.15, 0.2) is 0 Å². The van der Waals surface area contributed by atoms with E-state index in [0.717, 1.165) is 25.1 Å². The van der Waals surface area contributed by atoms with Crippen molar-refractivity contribution in [3.05, 3.63) is 29.8 Å². The fourth-order valence-electron chi connectivity index (χ4n) is 2.32. The summed E-state index contributed by atoms with van der Waals surface area (Å²) in [5.41, 5.74) is 2.30. The molecule has 1 unspecified atom stereocenters. The molecule has 1 aliphatic rings. The van der Waals surface area contributed by atoms with Crippen molar-refractivity contribution in [2.75, 3.05) is 11.9 Å². The molecule has 1 saturated heterocycles. The van der Waals surface area contributed by atoms with Gasteiger partial charge in [-0.25, -0.2) is 5.01 Å². The van der Waals surface area contributed by atoms with Crippen LogP contribution in [0, 0.1) is 6.92 Å². The number of rotatable bonds is 4. The first kappa shape index (κ1) is 12.9. The van der Waals surface area contributed by atoms with Gasteiger partial charge in [-0.3, -0.25) is 9.80 Å². The second-order valence-corrected chi connectivity index (χ2v) is 5.06. The Bertz CT molecular complexity index is 402. The number of hydrogen-bond acceptors (Lipinski definition) is 3. The highest BCUT2D eigenvalue weighted by Crippen LogP contribution is 2.21. The average Bonchev–Trinajstić information content (AvgIpc) is 2.75. The number of hydrogen-bond donors (Lipinski definition) is 1. The van der Waals surface area contributed by atoms with Crippen LogP contribution in [0.1, 0.15) is 25.8 Å². The van der Waals surface area contributed by atoms with Gasteiger partial charge in [-0.1, -0.05) is 17.7 Å². The Balaban J connectivity index is 2.05. The van der Waals surface area contributed by atoms with Gasteiger partial charge in [0.2, 0.25) is 6.41 Å². The van der Waals surface area contributed by atoms with E-state index in [2.05, 4.69) is 55.4 Å². The van der Waals surface area contributed by atoms with Crippen molar-refractivity contribution in [3.8, 4) is 0 Å². The van der Waals surface area contributed by atoms with Crippen LogP contribution >= 0.6 is 0 Å². The molecular weight excluding hydrogens is 226 g/mol. The number of nitrogens with one attached hydrogen (secondary N) is 1. The van der Waals surface area contributed by atoms with Crippen molar-refractivity contribution in [3.63, 3.8) is 0 Å². The smallest absolute Gasteiger partial charge is 0.225 e. The fraction of sp³-hybridized carbons (Fsp3) is 0.500. The molecule has 1 N–H and O–H groups in total. The van der Waals surface area contributed by atoms with Gasteiger partial charge >= 0.3 is 0 Å². The molecule has 0 saturated carbocycles. The molecule has 0 spiro atoms. The molecule has 2 rings (SSSR count). The lowest BCUT2D eigenvalue weighted by atomic mass is 10.2. The van der Waals surface area contributed by atoms with E-state index < -0.39 is 0 Å². The maximum Gasteiger partial charge on any atom is 0.225 e. The third kappa shape index (κ3) is 2.64. The van der Waals surface area contributed by atoms with Gasteiger partial charge in [-0.15, -0.1) is 0 Å². The highest BCUT2D eigenvalue weighted by atomic mass is 16.2. The molecule has 0 aromatic heterocycles.